The van der Waals surface area contributed by atoms with Crippen molar-refractivity contribution < 1.29 is 13.6 Å². The van der Waals surface area contributed by atoms with Crippen LogP contribution in [0.1, 0.15) is 21.9 Å². The number of hydrogen-bond acceptors (Lipinski definition) is 4. The maximum Gasteiger partial charge on any atom is 0.289 e. The van der Waals surface area contributed by atoms with E-state index in [-0.39, 0.29) is 11.4 Å². The molecule has 2 aromatic heterocycles. The van der Waals surface area contributed by atoms with Crippen LogP contribution in [-0.2, 0) is 0 Å². The summed E-state index contributed by atoms with van der Waals surface area (Å²) >= 11 is 0. The van der Waals surface area contributed by atoms with Crippen LogP contribution in [0.15, 0.2) is 52.5 Å². The van der Waals surface area contributed by atoms with Crippen LogP contribution in [-0.4, -0.2) is 15.7 Å². The lowest BCUT2D eigenvalue weighted by Crippen LogP contribution is -2.15. The van der Waals surface area contributed by atoms with Gasteiger partial charge < -0.3 is 4.42 Å². The Balaban J connectivity index is 1.91. The molecule has 0 bridgehead atoms. The molecule has 5 nitrogen and oxygen atoms in total. The summed E-state index contributed by atoms with van der Waals surface area (Å²) < 4.78 is 19.8. The zero-order chi connectivity index (χ0) is 18.0. The summed E-state index contributed by atoms with van der Waals surface area (Å²) in [6.07, 6.45) is 1.37. The van der Waals surface area contributed by atoms with E-state index in [1.807, 2.05) is 6.07 Å². The van der Waals surface area contributed by atoms with Crippen molar-refractivity contribution in [3.8, 4) is 17.4 Å². The molecular formula is C19H14FN3O2. The van der Waals surface area contributed by atoms with E-state index in [9.17, 15) is 14.4 Å². The minimum atomic E-state index is -0.521. The van der Waals surface area contributed by atoms with Gasteiger partial charge in [-0.05, 0) is 56.3 Å². The van der Waals surface area contributed by atoms with Gasteiger partial charge in [0, 0.05) is 17.3 Å². The quantitative estimate of drug-likeness (QED) is 0.532. The van der Waals surface area contributed by atoms with Crippen molar-refractivity contribution in [3.63, 3.8) is 0 Å². The Morgan fingerprint density at radius 2 is 1.96 bits per heavy atom. The highest BCUT2D eigenvalue weighted by Crippen LogP contribution is 2.24. The molecule has 124 valence electrons. The second-order valence-electron chi connectivity index (χ2n) is 5.52. The first-order chi connectivity index (χ1) is 12.0. The van der Waals surface area contributed by atoms with Gasteiger partial charge >= 0.3 is 0 Å². The minimum absolute atomic E-state index is 0.0915. The van der Waals surface area contributed by atoms with Gasteiger partial charge in [-0.3, -0.25) is 4.79 Å². The molecule has 0 aliphatic heterocycles. The fourth-order valence-corrected chi connectivity index (χ4v) is 2.43. The molecule has 0 fully saturated rings. The number of carbonyl (C=O) groups excluding carboxylic acids is 1. The average Bonchev–Trinajstić information content (AvgIpc) is 3.19. The van der Waals surface area contributed by atoms with Gasteiger partial charge in [-0.1, -0.05) is 0 Å². The summed E-state index contributed by atoms with van der Waals surface area (Å²) in [4.78, 5) is 12.5. The lowest BCUT2D eigenvalue weighted by atomic mass is 10.2. The van der Waals surface area contributed by atoms with E-state index in [4.69, 9.17) is 4.42 Å². The molecule has 1 aromatic carbocycles. The highest BCUT2D eigenvalue weighted by atomic mass is 19.1. The normalized spacial score (nSPS) is 11.4. The number of benzene rings is 1. The van der Waals surface area contributed by atoms with E-state index >= 15 is 0 Å². The summed E-state index contributed by atoms with van der Waals surface area (Å²) in [6, 6.07) is 12.8. The molecule has 0 saturated heterocycles. The Kier molecular flexibility index (Phi) is 4.31. The van der Waals surface area contributed by atoms with Crippen molar-refractivity contribution in [2.45, 2.75) is 13.8 Å². The average molecular weight is 335 g/mol. The zero-order valence-corrected chi connectivity index (χ0v) is 13.7. The van der Waals surface area contributed by atoms with E-state index in [2.05, 4.69) is 5.10 Å². The lowest BCUT2D eigenvalue weighted by Gasteiger charge is -2.01. The van der Waals surface area contributed by atoms with Crippen molar-refractivity contribution in [2.24, 2.45) is 0 Å². The van der Waals surface area contributed by atoms with Gasteiger partial charge in [-0.25, -0.2) is 9.07 Å². The second kappa shape index (κ2) is 6.57. The second-order valence-corrected chi connectivity index (χ2v) is 5.52. The number of nitriles is 1. The number of allylic oxidation sites excluding steroid dienone is 1. The Hall–Kier alpha value is -3.46. The van der Waals surface area contributed by atoms with Crippen LogP contribution in [0.2, 0.25) is 0 Å². The summed E-state index contributed by atoms with van der Waals surface area (Å²) in [6.45, 7) is 3.51. The lowest BCUT2D eigenvalue weighted by molar-refractivity contribution is 0.0943. The number of hydrogen-bond donors (Lipinski definition) is 0. The Morgan fingerprint density at radius 1 is 1.24 bits per heavy atom. The first-order valence-corrected chi connectivity index (χ1v) is 7.53. The third-order valence-corrected chi connectivity index (χ3v) is 3.59. The number of nitrogens with zero attached hydrogens (tertiary/aromatic N) is 3. The van der Waals surface area contributed by atoms with Crippen LogP contribution in [0.4, 0.5) is 4.39 Å². The molecule has 0 N–H and O–H groups in total. The van der Waals surface area contributed by atoms with Crippen LogP contribution >= 0.6 is 0 Å². The first kappa shape index (κ1) is 16.4. The van der Waals surface area contributed by atoms with E-state index in [0.717, 1.165) is 0 Å². The van der Waals surface area contributed by atoms with Crippen LogP contribution in [0.5, 0.6) is 0 Å². The molecule has 0 spiro atoms. The first-order valence-electron chi connectivity index (χ1n) is 7.53. The third kappa shape index (κ3) is 3.40. The molecule has 0 saturated carbocycles. The van der Waals surface area contributed by atoms with Gasteiger partial charge in [-0.15, -0.1) is 0 Å². The largest absolute Gasteiger partial charge is 0.457 e. The van der Waals surface area contributed by atoms with Crippen LogP contribution < -0.4 is 0 Å². The maximum atomic E-state index is 13.0. The molecule has 0 amide bonds. The fraction of sp³-hybridized carbons (Fsp3) is 0.105. The molecule has 0 aliphatic carbocycles. The van der Waals surface area contributed by atoms with Gasteiger partial charge in [-0.2, -0.15) is 10.4 Å². The van der Waals surface area contributed by atoms with Crippen molar-refractivity contribution in [1.82, 2.24) is 9.78 Å². The standard InChI is InChI=1S/C19H14FN3O2/c1-12-9-13(2)23(22-12)19(24)15(11-21)10-17-7-8-18(25-17)14-3-5-16(20)6-4-14/h3-10H,1-2H3/b15-10+. The molecule has 0 unspecified atom stereocenters. The van der Waals surface area contributed by atoms with Gasteiger partial charge in [0.2, 0.25) is 0 Å². The van der Waals surface area contributed by atoms with Crippen molar-refractivity contribution in [2.75, 3.05) is 0 Å². The highest BCUT2D eigenvalue weighted by Gasteiger charge is 2.16. The Labute approximate surface area is 143 Å². The summed E-state index contributed by atoms with van der Waals surface area (Å²) in [7, 11) is 0. The minimum Gasteiger partial charge on any atom is -0.457 e. The third-order valence-electron chi connectivity index (χ3n) is 3.59. The number of rotatable bonds is 3. The van der Waals surface area contributed by atoms with E-state index in [0.29, 0.717) is 28.5 Å². The number of aryl methyl sites for hydroxylation is 2. The fourth-order valence-electron chi connectivity index (χ4n) is 2.43. The number of aromatic nitrogens is 2. The SMILES string of the molecule is Cc1cc(C)n(C(=O)/C(C#N)=C/c2ccc(-c3ccc(F)cc3)o2)n1. The van der Waals surface area contributed by atoms with Crippen LogP contribution in [0.3, 0.4) is 0 Å². The van der Waals surface area contributed by atoms with E-state index in [1.165, 1.54) is 22.9 Å². The van der Waals surface area contributed by atoms with Crippen molar-refractivity contribution in [3.05, 3.63) is 71.0 Å². The van der Waals surface area contributed by atoms with Gasteiger partial charge in [0.25, 0.3) is 5.91 Å². The summed E-state index contributed by atoms with van der Waals surface area (Å²) in [5.74, 6) is 0.0124. The molecule has 2 heterocycles. The molecule has 0 radical (unpaired) electrons. The van der Waals surface area contributed by atoms with Crippen LogP contribution in [0, 0.1) is 31.0 Å². The molecular weight excluding hydrogens is 321 g/mol. The topological polar surface area (TPSA) is 71.8 Å². The Bertz CT molecular complexity index is 1000. The predicted molar refractivity (Wildman–Crippen MR) is 90.0 cm³/mol. The molecule has 25 heavy (non-hydrogen) atoms. The van der Waals surface area contributed by atoms with Crippen molar-refractivity contribution in [1.29, 1.82) is 5.26 Å². The molecule has 0 atom stereocenters. The van der Waals surface area contributed by atoms with Gasteiger partial charge in [0.1, 0.15) is 29.0 Å². The van der Waals surface area contributed by atoms with Crippen molar-refractivity contribution >= 4 is 12.0 Å². The highest BCUT2D eigenvalue weighted by molar-refractivity contribution is 6.02. The number of furan rings is 1. The Morgan fingerprint density at radius 3 is 2.56 bits per heavy atom. The van der Waals surface area contributed by atoms with E-state index < -0.39 is 5.91 Å². The monoisotopic (exact) mass is 335 g/mol. The zero-order valence-electron chi connectivity index (χ0n) is 13.7. The molecule has 3 aromatic rings. The van der Waals surface area contributed by atoms with Gasteiger partial charge in [0.05, 0.1) is 5.69 Å². The summed E-state index contributed by atoms with van der Waals surface area (Å²) in [5, 5.41) is 13.4. The predicted octanol–water partition coefficient (Wildman–Crippen LogP) is 4.15. The van der Waals surface area contributed by atoms with E-state index in [1.54, 1.807) is 44.2 Å². The number of halogens is 1. The van der Waals surface area contributed by atoms with Gasteiger partial charge in [0.15, 0.2) is 0 Å². The molecule has 3 rings (SSSR count). The smallest absolute Gasteiger partial charge is 0.289 e. The maximum absolute atomic E-state index is 13.0. The summed E-state index contributed by atoms with van der Waals surface area (Å²) in [5.41, 5.74) is 1.95. The molecule has 0 aliphatic rings. The number of carbonyl (C=O) groups is 1. The van der Waals surface area contributed by atoms with Crippen LogP contribution in [0.25, 0.3) is 17.4 Å². The molecule has 6 heteroatoms.